The molecule has 0 aromatic carbocycles. The first-order valence-electron chi connectivity index (χ1n) is 3.22. The lowest BCUT2D eigenvalue weighted by Gasteiger charge is -2.30. The van der Waals surface area contributed by atoms with Crippen molar-refractivity contribution in [1.82, 2.24) is 0 Å². The zero-order valence-electron chi connectivity index (χ0n) is 6.95. The Hall–Kier alpha value is -0.0400. The Balaban J connectivity index is 4.01. The summed E-state index contributed by atoms with van der Waals surface area (Å²) in [6, 6.07) is 0. The molecule has 1 nitrogen and oxygen atoms in total. The van der Waals surface area contributed by atoms with Crippen LogP contribution in [0.25, 0.3) is 0 Å². The van der Waals surface area contributed by atoms with Gasteiger partial charge in [-0.1, -0.05) is 27.7 Å². The molecule has 0 saturated heterocycles. The SMILES string of the molecule is C[C](C)C(C)(O)[C](C)C. The van der Waals surface area contributed by atoms with E-state index in [9.17, 15) is 5.11 Å². The van der Waals surface area contributed by atoms with Crippen LogP contribution < -0.4 is 0 Å². The van der Waals surface area contributed by atoms with Crippen molar-refractivity contribution in [2.45, 2.75) is 40.2 Å². The molecule has 0 spiro atoms. The smallest absolute Gasteiger partial charge is 0.0733 e. The van der Waals surface area contributed by atoms with Crippen molar-refractivity contribution in [3.05, 3.63) is 11.8 Å². The van der Waals surface area contributed by atoms with Crippen molar-refractivity contribution in [3.8, 4) is 0 Å². The van der Waals surface area contributed by atoms with Crippen LogP contribution in [0.15, 0.2) is 0 Å². The van der Waals surface area contributed by atoms with E-state index in [1.54, 1.807) is 0 Å². The van der Waals surface area contributed by atoms with Gasteiger partial charge in [-0.15, -0.1) is 0 Å². The third-order valence-corrected chi connectivity index (χ3v) is 1.95. The summed E-state index contributed by atoms with van der Waals surface area (Å²) in [7, 11) is 0. The van der Waals surface area contributed by atoms with E-state index < -0.39 is 5.60 Å². The maximum atomic E-state index is 9.59. The van der Waals surface area contributed by atoms with Crippen LogP contribution in [0.4, 0.5) is 0 Å². The fourth-order valence-corrected chi connectivity index (χ4v) is 0.500. The highest BCUT2D eigenvalue weighted by atomic mass is 16.3. The van der Waals surface area contributed by atoms with Crippen molar-refractivity contribution in [2.24, 2.45) is 0 Å². The Morgan fingerprint density at radius 2 is 1.22 bits per heavy atom. The number of hydrogen-bond acceptors (Lipinski definition) is 1. The molecule has 1 heteroatoms. The molecule has 0 rings (SSSR count). The van der Waals surface area contributed by atoms with Crippen LogP contribution in [0.5, 0.6) is 0 Å². The molecular formula is C8H16O. The minimum absolute atomic E-state index is 0.667. The van der Waals surface area contributed by atoms with E-state index in [0.29, 0.717) is 0 Å². The van der Waals surface area contributed by atoms with Gasteiger partial charge in [0.05, 0.1) is 5.60 Å². The Morgan fingerprint density at radius 1 is 1.00 bits per heavy atom. The van der Waals surface area contributed by atoms with Crippen LogP contribution >= 0.6 is 0 Å². The summed E-state index contributed by atoms with van der Waals surface area (Å²) in [6.07, 6.45) is 0. The van der Waals surface area contributed by atoms with Gasteiger partial charge in [0.1, 0.15) is 0 Å². The molecule has 0 aliphatic rings. The minimum atomic E-state index is -0.667. The van der Waals surface area contributed by atoms with Gasteiger partial charge >= 0.3 is 0 Å². The van der Waals surface area contributed by atoms with Gasteiger partial charge in [-0.25, -0.2) is 0 Å². The third kappa shape index (κ3) is 1.98. The van der Waals surface area contributed by atoms with Crippen LogP contribution in [0, 0.1) is 11.8 Å². The number of hydrogen-bond donors (Lipinski definition) is 1. The average Bonchev–Trinajstić information content (AvgIpc) is 1.65. The first kappa shape index (κ1) is 8.96. The zero-order chi connectivity index (χ0) is 7.65. The van der Waals surface area contributed by atoms with Gasteiger partial charge in [0.15, 0.2) is 0 Å². The quantitative estimate of drug-likeness (QED) is 0.602. The molecule has 2 radical (unpaired) electrons. The monoisotopic (exact) mass is 128 g/mol. The van der Waals surface area contributed by atoms with Gasteiger partial charge in [-0.2, -0.15) is 0 Å². The molecule has 0 saturated carbocycles. The molecule has 9 heavy (non-hydrogen) atoms. The van der Waals surface area contributed by atoms with Crippen LogP contribution in [0.2, 0.25) is 0 Å². The highest BCUT2D eigenvalue weighted by Gasteiger charge is 2.29. The van der Waals surface area contributed by atoms with E-state index in [-0.39, 0.29) is 0 Å². The highest BCUT2D eigenvalue weighted by Crippen LogP contribution is 2.27. The van der Waals surface area contributed by atoms with Crippen LogP contribution in [0.1, 0.15) is 34.6 Å². The molecule has 0 atom stereocenters. The fraction of sp³-hybridized carbons (Fsp3) is 0.750. The second-order valence-electron chi connectivity index (χ2n) is 3.07. The van der Waals surface area contributed by atoms with Gasteiger partial charge in [-0.05, 0) is 6.92 Å². The molecular weight excluding hydrogens is 112 g/mol. The fourth-order valence-electron chi connectivity index (χ4n) is 0.500. The van der Waals surface area contributed by atoms with Gasteiger partial charge in [0.2, 0.25) is 0 Å². The standard InChI is InChI=1S/C8H16O/c1-6(2)8(5,9)7(3)4/h9H,1-5H3. The van der Waals surface area contributed by atoms with Gasteiger partial charge in [-0.3, -0.25) is 0 Å². The lowest BCUT2D eigenvalue weighted by molar-refractivity contribution is 0.0918. The lowest BCUT2D eigenvalue weighted by Crippen LogP contribution is -2.34. The van der Waals surface area contributed by atoms with Crippen LogP contribution in [0.3, 0.4) is 0 Å². The minimum Gasteiger partial charge on any atom is -0.389 e. The molecule has 0 aliphatic carbocycles. The first-order valence-corrected chi connectivity index (χ1v) is 3.22. The zero-order valence-corrected chi connectivity index (χ0v) is 6.95. The second-order valence-corrected chi connectivity index (χ2v) is 3.07. The summed E-state index contributed by atoms with van der Waals surface area (Å²) in [6.45, 7) is 9.57. The Morgan fingerprint density at radius 3 is 1.22 bits per heavy atom. The third-order valence-electron chi connectivity index (χ3n) is 1.95. The maximum absolute atomic E-state index is 9.59. The van der Waals surface area contributed by atoms with E-state index in [2.05, 4.69) is 0 Å². The molecule has 54 valence electrons. The first-order chi connectivity index (χ1) is 3.89. The van der Waals surface area contributed by atoms with Gasteiger partial charge in [0, 0.05) is 11.8 Å². The summed E-state index contributed by atoms with van der Waals surface area (Å²) in [5.74, 6) is 2.09. The molecule has 0 aromatic heterocycles. The van der Waals surface area contributed by atoms with Gasteiger partial charge < -0.3 is 5.11 Å². The maximum Gasteiger partial charge on any atom is 0.0733 e. The van der Waals surface area contributed by atoms with E-state index >= 15 is 0 Å². The van der Waals surface area contributed by atoms with Crippen molar-refractivity contribution >= 4 is 0 Å². The molecule has 0 bridgehead atoms. The summed E-state index contributed by atoms with van der Waals surface area (Å²) in [4.78, 5) is 0. The van der Waals surface area contributed by atoms with Crippen LogP contribution in [-0.4, -0.2) is 10.7 Å². The summed E-state index contributed by atoms with van der Waals surface area (Å²) in [5, 5.41) is 9.59. The predicted octanol–water partition coefficient (Wildman–Crippen LogP) is 1.97. The van der Waals surface area contributed by atoms with Gasteiger partial charge in [0.25, 0.3) is 0 Å². The van der Waals surface area contributed by atoms with Crippen molar-refractivity contribution < 1.29 is 5.11 Å². The lowest BCUT2D eigenvalue weighted by atomic mass is 9.82. The van der Waals surface area contributed by atoms with E-state index in [0.717, 1.165) is 11.8 Å². The summed E-state index contributed by atoms with van der Waals surface area (Å²) < 4.78 is 0. The second kappa shape index (κ2) is 2.70. The number of rotatable bonds is 2. The van der Waals surface area contributed by atoms with Crippen molar-refractivity contribution in [1.29, 1.82) is 0 Å². The van der Waals surface area contributed by atoms with E-state index in [1.807, 2.05) is 34.6 Å². The normalized spacial score (nSPS) is 13.3. The largest absolute Gasteiger partial charge is 0.389 e. The topological polar surface area (TPSA) is 20.2 Å². The summed E-state index contributed by atoms with van der Waals surface area (Å²) in [5.41, 5.74) is -0.667. The molecule has 1 N–H and O–H groups in total. The molecule has 0 fully saturated rings. The van der Waals surface area contributed by atoms with E-state index in [4.69, 9.17) is 0 Å². The van der Waals surface area contributed by atoms with Crippen LogP contribution in [-0.2, 0) is 0 Å². The molecule has 0 heterocycles. The summed E-state index contributed by atoms with van der Waals surface area (Å²) >= 11 is 0. The van der Waals surface area contributed by atoms with Crippen molar-refractivity contribution in [3.63, 3.8) is 0 Å². The predicted molar refractivity (Wildman–Crippen MR) is 39.8 cm³/mol. The average molecular weight is 128 g/mol. The molecule has 0 aliphatic heterocycles. The Bertz CT molecular complexity index is 72.6. The Kier molecular flexibility index (Phi) is 2.68. The van der Waals surface area contributed by atoms with Crippen molar-refractivity contribution in [2.75, 3.05) is 0 Å². The molecule has 0 amide bonds. The molecule has 0 unspecified atom stereocenters. The Labute approximate surface area is 58.1 Å². The number of aliphatic hydroxyl groups is 1. The highest BCUT2D eigenvalue weighted by molar-refractivity contribution is 5.13. The van der Waals surface area contributed by atoms with E-state index in [1.165, 1.54) is 0 Å². The molecule has 0 aromatic rings.